The molecule has 0 heterocycles. The number of hydrogen-bond acceptors (Lipinski definition) is 1. The van der Waals surface area contributed by atoms with Crippen LogP contribution in [-0.2, 0) is 6.42 Å². The highest BCUT2D eigenvalue weighted by Crippen LogP contribution is 2.10. The van der Waals surface area contributed by atoms with Gasteiger partial charge in [-0.05, 0) is 48.7 Å². The molecule has 98 valence electrons. The average Bonchev–Trinajstić information content (AvgIpc) is 2.41. The molecule has 0 aliphatic carbocycles. The van der Waals surface area contributed by atoms with Crippen LogP contribution in [0.5, 0.6) is 0 Å². The van der Waals surface area contributed by atoms with Crippen molar-refractivity contribution in [2.24, 2.45) is 0 Å². The molecule has 2 rings (SSSR count). The Hall–Kier alpha value is -1.61. The van der Waals surface area contributed by atoms with Gasteiger partial charge >= 0.3 is 0 Å². The molecule has 2 aromatic rings. The van der Waals surface area contributed by atoms with E-state index >= 15 is 0 Å². The van der Waals surface area contributed by atoms with Gasteiger partial charge in [0, 0.05) is 16.6 Å². The first-order valence-corrected chi connectivity index (χ1v) is 7.04. The number of halogens is 1. The summed E-state index contributed by atoms with van der Waals surface area (Å²) in [7, 11) is 0. The van der Waals surface area contributed by atoms with Crippen molar-refractivity contribution in [3.05, 3.63) is 69.7 Å². The van der Waals surface area contributed by atoms with Crippen LogP contribution in [0.2, 0.25) is 0 Å². The second-order valence-electron chi connectivity index (χ2n) is 4.44. The molecule has 0 saturated heterocycles. The van der Waals surface area contributed by atoms with Gasteiger partial charge in [-0.2, -0.15) is 0 Å². The van der Waals surface area contributed by atoms with Crippen LogP contribution in [0, 0.1) is 6.92 Å². The molecule has 19 heavy (non-hydrogen) atoms. The second-order valence-corrected chi connectivity index (χ2v) is 5.35. The minimum Gasteiger partial charge on any atom is -0.352 e. The van der Waals surface area contributed by atoms with Crippen molar-refractivity contribution in [3.63, 3.8) is 0 Å². The van der Waals surface area contributed by atoms with Crippen LogP contribution in [0.15, 0.2) is 53.0 Å². The van der Waals surface area contributed by atoms with Crippen LogP contribution in [0.1, 0.15) is 21.5 Å². The van der Waals surface area contributed by atoms with E-state index in [1.165, 1.54) is 11.1 Å². The van der Waals surface area contributed by atoms with Crippen molar-refractivity contribution in [2.75, 3.05) is 6.54 Å². The molecule has 0 aromatic heterocycles. The van der Waals surface area contributed by atoms with Crippen LogP contribution < -0.4 is 5.32 Å². The topological polar surface area (TPSA) is 29.1 Å². The number of carbonyl (C=O) groups excluding carboxylic acids is 1. The van der Waals surface area contributed by atoms with Crippen LogP contribution >= 0.6 is 15.9 Å². The van der Waals surface area contributed by atoms with E-state index in [-0.39, 0.29) is 5.91 Å². The van der Waals surface area contributed by atoms with Gasteiger partial charge in [0.2, 0.25) is 0 Å². The summed E-state index contributed by atoms with van der Waals surface area (Å²) >= 11 is 3.35. The zero-order valence-corrected chi connectivity index (χ0v) is 12.4. The first-order valence-electron chi connectivity index (χ1n) is 6.25. The zero-order valence-electron chi connectivity index (χ0n) is 10.8. The summed E-state index contributed by atoms with van der Waals surface area (Å²) < 4.78 is 0.976. The normalized spacial score (nSPS) is 10.2. The predicted octanol–water partition coefficient (Wildman–Crippen LogP) is 3.73. The van der Waals surface area contributed by atoms with E-state index in [1.807, 2.05) is 36.4 Å². The second kappa shape index (κ2) is 6.53. The largest absolute Gasteiger partial charge is 0.352 e. The van der Waals surface area contributed by atoms with Crippen LogP contribution in [0.25, 0.3) is 0 Å². The number of nitrogens with one attached hydrogen (secondary N) is 1. The summed E-state index contributed by atoms with van der Waals surface area (Å²) in [5.41, 5.74) is 3.23. The van der Waals surface area contributed by atoms with E-state index in [4.69, 9.17) is 0 Å². The van der Waals surface area contributed by atoms with Crippen molar-refractivity contribution in [1.29, 1.82) is 0 Å². The maximum atomic E-state index is 11.9. The molecular formula is C16H16BrNO. The molecular weight excluding hydrogens is 302 g/mol. The molecule has 2 nitrogen and oxygen atoms in total. The van der Waals surface area contributed by atoms with Crippen molar-refractivity contribution in [2.45, 2.75) is 13.3 Å². The van der Waals surface area contributed by atoms with Crippen molar-refractivity contribution >= 4 is 21.8 Å². The van der Waals surface area contributed by atoms with Gasteiger partial charge in [0.25, 0.3) is 5.91 Å². The summed E-state index contributed by atoms with van der Waals surface area (Å²) in [5, 5.41) is 2.94. The van der Waals surface area contributed by atoms with Gasteiger partial charge in [0.15, 0.2) is 0 Å². The number of hydrogen-bond donors (Lipinski definition) is 1. The summed E-state index contributed by atoms with van der Waals surface area (Å²) in [6.07, 6.45) is 0.856. The first kappa shape index (κ1) is 13.8. The van der Waals surface area contributed by atoms with Crippen LogP contribution in [0.4, 0.5) is 0 Å². The zero-order chi connectivity index (χ0) is 13.7. The molecule has 0 unspecified atom stereocenters. The number of benzene rings is 2. The fraction of sp³-hybridized carbons (Fsp3) is 0.188. The summed E-state index contributed by atoms with van der Waals surface area (Å²) in [4.78, 5) is 11.9. The van der Waals surface area contributed by atoms with Crippen molar-refractivity contribution in [1.82, 2.24) is 5.32 Å². The molecule has 0 aliphatic heterocycles. The van der Waals surface area contributed by atoms with Crippen LogP contribution in [0.3, 0.4) is 0 Å². The predicted molar refractivity (Wildman–Crippen MR) is 81.4 cm³/mol. The lowest BCUT2D eigenvalue weighted by Crippen LogP contribution is -2.25. The monoisotopic (exact) mass is 317 g/mol. The van der Waals surface area contributed by atoms with Gasteiger partial charge in [-0.3, -0.25) is 4.79 Å². The van der Waals surface area contributed by atoms with Gasteiger partial charge in [0.1, 0.15) is 0 Å². The third-order valence-electron chi connectivity index (χ3n) is 3.05. The smallest absolute Gasteiger partial charge is 0.251 e. The van der Waals surface area contributed by atoms with Crippen LogP contribution in [-0.4, -0.2) is 12.5 Å². The Morgan fingerprint density at radius 3 is 2.47 bits per heavy atom. The molecule has 3 heteroatoms. The minimum atomic E-state index is -0.0268. The maximum absolute atomic E-state index is 11.9. The molecule has 1 amide bonds. The lowest BCUT2D eigenvalue weighted by Gasteiger charge is -2.07. The Bertz CT molecular complexity index is 563. The molecule has 1 N–H and O–H groups in total. The molecule has 0 saturated carbocycles. The van der Waals surface area contributed by atoms with Gasteiger partial charge in [-0.15, -0.1) is 0 Å². The molecule has 0 bridgehead atoms. The fourth-order valence-electron chi connectivity index (χ4n) is 1.90. The Labute approximate surface area is 122 Å². The molecule has 0 atom stereocenters. The minimum absolute atomic E-state index is 0.0268. The highest BCUT2D eigenvalue weighted by molar-refractivity contribution is 9.10. The quantitative estimate of drug-likeness (QED) is 0.914. The molecule has 0 spiro atoms. The third-order valence-corrected chi connectivity index (χ3v) is 3.58. The SMILES string of the molecule is Cc1ccccc1CCNC(=O)c1ccc(Br)cc1. The fourth-order valence-corrected chi connectivity index (χ4v) is 2.17. The first-order chi connectivity index (χ1) is 9.16. The van der Waals surface area contributed by atoms with Crippen molar-refractivity contribution in [3.8, 4) is 0 Å². The lowest BCUT2D eigenvalue weighted by atomic mass is 10.1. The molecule has 0 fully saturated rings. The van der Waals surface area contributed by atoms with Gasteiger partial charge in [0.05, 0.1) is 0 Å². The van der Waals surface area contributed by atoms with Gasteiger partial charge in [-0.25, -0.2) is 0 Å². The van der Waals surface area contributed by atoms with E-state index in [2.05, 4.69) is 40.3 Å². The Kier molecular flexibility index (Phi) is 4.74. The van der Waals surface area contributed by atoms with E-state index < -0.39 is 0 Å². The Morgan fingerprint density at radius 1 is 1.11 bits per heavy atom. The molecule has 2 aromatic carbocycles. The molecule has 0 aliphatic rings. The van der Waals surface area contributed by atoms with Gasteiger partial charge < -0.3 is 5.32 Å². The number of aryl methyl sites for hydroxylation is 1. The summed E-state index contributed by atoms with van der Waals surface area (Å²) in [5.74, 6) is -0.0268. The third kappa shape index (κ3) is 3.93. The standard InChI is InChI=1S/C16H16BrNO/c1-12-4-2-3-5-13(12)10-11-18-16(19)14-6-8-15(17)9-7-14/h2-9H,10-11H2,1H3,(H,18,19). The average molecular weight is 318 g/mol. The van der Waals surface area contributed by atoms with E-state index in [1.54, 1.807) is 0 Å². The maximum Gasteiger partial charge on any atom is 0.251 e. The number of rotatable bonds is 4. The van der Waals surface area contributed by atoms with E-state index in [9.17, 15) is 4.79 Å². The Balaban J connectivity index is 1.88. The summed E-state index contributed by atoms with van der Waals surface area (Å²) in [6, 6.07) is 15.6. The van der Waals surface area contributed by atoms with E-state index in [0.29, 0.717) is 12.1 Å². The van der Waals surface area contributed by atoms with Crippen molar-refractivity contribution < 1.29 is 4.79 Å². The number of amides is 1. The summed E-state index contributed by atoms with van der Waals surface area (Å²) in [6.45, 7) is 2.74. The Morgan fingerprint density at radius 2 is 1.79 bits per heavy atom. The number of carbonyl (C=O) groups is 1. The van der Waals surface area contributed by atoms with Gasteiger partial charge in [-0.1, -0.05) is 40.2 Å². The van der Waals surface area contributed by atoms with E-state index in [0.717, 1.165) is 10.9 Å². The lowest BCUT2D eigenvalue weighted by molar-refractivity contribution is 0.0954. The molecule has 0 radical (unpaired) electrons. The highest BCUT2D eigenvalue weighted by atomic mass is 79.9. The highest BCUT2D eigenvalue weighted by Gasteiger charge is 2.04.